The Balaban J connectivity index is 1.46. The van der Waals surface area contributed by atoms with Crippen molar-refractivity contribution in [3.05, 3.63) is 57.2 Å². The van der Waals surface area contributed by atoms with Gasteiger partial charge in [-0.15, -0.1) is 0 Å². The van der Waals surface area contributed by atoms with E-state index in [2.05, 4.69) is 14.8 Å². The molecule has 0 radical (unpaired) electrons. The van der Waals surface area contributed by atoms with Gasteiger partial charge in [-0.3, -0.25) is 19.2 Å². The van der Waals surface area contributed by atoms with Crippen LogP contribution in [0.3, 0.4) is 0 Å². The lowest BCUT2D eigenvalue weighted by atomic mass is 10.3. The fourth-order valence-corrected chi connectivity index (χ4v) is 3.36. The van der Waals surface area contributed by atoms with Crippen molar-refractivity contribution in [1.29, 1.82) is 0 Å². The Bertz CT molecular complexity index is 805. The lowest BCUT2D eigenvalue weighted by Crippen LogP contribution is -2.48. The quantitative estimate of drug-likeness (QED) is 0.750. The molecule has 0 atom stereocenters. The smallest absolute Gasteiger partial charge is 0.330 e. The largest absolute Gasteiger partial charge is 0.494 e. The van der Waals surface area contributed by atoms with Crippen molar-refractivity contribution in [2.75, 3.05) is 44.2 Å². The van der Waals surface area contributed by atoms with Gasteiger partial charge in [0.05, 0.1) is 6.61 Å². The third-order valence-corrected chi connectivity index (χ3v) is 4.81. The number of nitrogens with zero attached hydrogens (tertiary/aromatic N) is 3. The molecule has 27 heavy (non-hydrogen) atoms. The van der Waals surface area contributed by atoms with E-state index in [0.717, 1.165) is 44.9 Å². The fourth-order valence-electron chi connectivity index (χ4n) is 3.36. The van der Waals surface area contributed by atoms with Gasteiger partial charge in [-0.05, 0) is 32.4 Å². The number of rotatable bonds is 7. The van der Waals surface area contributed by atoms with Gasteiger partial charge >= 0.3 is 5.69 Å². The molecular weight excluding hydrogens is 344 g/mol. The summed E-state index contributed by atoms with van der Waals surface area (Å²) in [6.07, 6.45) is 0.968. The van der Waals surface area contributed by atoms with Crippen LogP contribution in [-0.4, -0.2) is 53.8 Å². The third kappa shape index (κ3) is 5.01. The van der Waals surface area contributed by atoms with Crippen LogP contribution in [0.15, 0.2) is 46.0 Å². The highest BCUT2D eigenvalue weighted by molar-refractivity contribution is 5.37. The molecule has 1 aromatic carbocycles. The Morgan fingerprint density at radius 2 is 1.78 bits per heavy atom. The first-order valence-electron chi connectivity index (χ1n) is 9.55. The summed E-state index contributed by atoms with van der Waals surface area (Å²) in [6, 6.07) is 11.2. The Labute approximate surface area is 159 Å². The van der Waals surface area contributed by atoms with Crippen LogP contribution in [0, 0.1) is 0 Å². The van der Waals surface area contributed by atoms with Gasteiger partial charge in [0.15, 0.2) is 0 Å². The third-order valence-electron chi connectivity index (χ3n) is 4.81. The SMILES string of the molecule is CC(C)n1c(=O)cc(N2CCN(CCCOc3ccccc3)CC2)[nH]c1=O. The topological polar surface area (TPSA) is 70.6 Å². The van der Waals surface area contributed by atoms with E-state index in [1.165, 1.54) is 10.6 Å². The first-order chi connectivity index (χ1) is 13.0. The number of aromatic amines is 1. The number of aromatic nitrogens is 2. The van der Waals surface area contributed by atoms with Crippen LogP contribution in [0.4, 0.5) is 5.82 Å². The van der Waals surface area contributed by atoms with E-state index < -0.39 is 0 Å². The highest BCUT2D eigenvalue weighted by Gasteiger charge is 2.19. The maximum atomic E-state index is 12.2. The second-order valence-corrected chi connectivity index (χ2v) is 7.11. The van der Waals surface area contributed by atoms with Crippen molar-refractivity contribution in [2.24, 2.45) is 0 Å². The van der Waals surface area contributed by atoms with Gasteiger partial charge in [0, 0.05) is 44.8 Å². The van der Waals surface area contributed by atoms with E-state index in [-0.39, 0.29) is 17.3 Å². The van der Waals surface area contributed by atoms with Crippen molar-refractivity contribution >= 4 is 5.82 Å². The zero-order valence-electron chi connectivity index (χ0n) is 16.1. The molecule has 1 N–H and O–H groups in total. The van der Waals surface area contributed by atoms with E-state index in [1.54, 1.807) is 0 Å². The number of H-pyrrole nitrogens is 1. The Hall–Kier alpha value is -2.54. The molecule has 0 aliphatic carbocycles. The minimum Gasteiger partial charge on any atom is -0.494 e. The number of para-hydroxylation sites is 1. The molecular formula is C20H28N4O3. The van der Waals surface area contributed by atoms with Crippen LogP contribution >= 0.6 is 0 Å². The van der Waals surface area contributed by atoms with E-state index in [0.29, 0.717) is 12.4 Å². The van der Waals surface area contributed by atoms with E-state index in [9.17, 15) is 9.59 Å². The van der Waals surface area contributed by atoms with Crippen LogP contribution in [-0.2, 0) is 0 Å². The van der Waals surface area contributed by atoms with Gasteiger partial charge < -0.3 is 9.64 Å². The Morgan fingerprint density at radius 1 is 1.07 bits per heavy atom. The normalized spacial score (nSPS) is 15.3. The molecule has 2 aromatic rings. The highest BCUT2D eigenvalue weighted by atomic mass is 16.5. The van der Waals surface area contributed by atoms with Crippen LogP contribution in [0.5, 0.6) is 5.75 Å². The summed E-state index contributed by atoms with van der Waals surface area (Å²) in [7, 11) is 0. The number of nitrogens with one attached hydrogen (secondary N) is 1. The van der Waals surface area contributed by atoms with Crippen molar-refractivity contribution in [3.8, 4) is 5.75 Å². The first-order valence-corrected chi connectivity index (χ1v) is 9.55. The Kier molecular flexibility index (Phi) is 6.34. The summed E-state index contributed by atoms with van der Waals surface area (Å²) in [6.45, 7) is 8.73. The molecule has 2 heterocycles. The van der Waals surface area contributed by atoms with E-state index in [1.807, 2.05) is 44.2 Å². The van der Waals surface area contributed by atoms with E-state index >= 15 is 0 Å². The minimum absolute atomic E-state index is 0.148. The van der Waals surface area contributed by atoms with Crippen LogP contribution in [0.1, 0.15) is 26.3 Å². The molecule has 1 saturated heterocycles. The monoisotopic (exact) mass is 372 g/mol. The predicted molar refractivity (Wildman–Crippen MR) is 107 cm³/mol. The number of piperazine rings is 1. The maximum Gasteiger partial charge on any atom is 0.330 e. The van der Waals surface area contributed by atoms with Gasteiger partial charge in [-0.25, -0.2) is 4.79 Å². The molecule has 146 valence electrons. The van der Waals surface area contributed by atoms with Crippen molar-refractivity contribution in [2.45, 2.75) is 26.3 Å². The zero-order chi connectivity index (χ0) is 19.2. The number of benzene rings is 1. The van der Waals surface area contributed by atoms with Crippen molar-refractivity contribution < 1.29 is 4.74 Å². The summed E-state index contributed by atoms with van der Waals surface area (Å²) in [5.41, 5.74) is -0.586. The average molecular weight is 372 g/mol. The number of hydrogen-bond donors (Lipinski definition) is 1. The van der Waals surface area contributed by atoms with E-state index in [4.69, 9.17) is 4.74 Å². The lowest BCUT2D eigenvalue weighted by molar-refractivity contribution is 0.224. The molecule has 1 fully saturated rings. The summed E-state index contributed by atoms with van der Waals surface area (Å²) < 4.78 is 6.97. The summed E-state index contributed by atoms with van der Waals surface area (Å²) >= 11 is 0. The van der Waals surface area contributed by atoms with Gasteiger partial charge in [-0.2, -0.15) is 0 Å². The fraction of sp³-hybridized carbons (Fsp3) is 0.500. The Morgan fingerprint density at radius 3 is 2.41 bits per heavy atom. The molecule has 0 spiro atoms. The van der Waals surface area contributed by atoms with Gasteiger partial charge in [0.25, 0.3) is 5.56 Å². The average Bonchev–Trinajstić information content (AvgIpc) is 2.66. The lowest BCUT2D eigenvalue weighted by Gasteiger charge is -2.35. The number of ether oxygens (including phenoxy) is 1. The molecule has 7 nitrogen and oxygen atoms in total. The number of anilines is 1. The molecule has 0 saturated carbocycles. The molecule has 7 heteroatoms. The minimum atomic E-state index is -0.340. The molecule has 1 aromatic heterocycles. The molecule has 0 amide bonds. The van der Waals surface area contributed by atoms with Crippen LogP contribution < -0.4 is 20.9 Å². The maximum absolute atomic E-state index is 12.2. The van der Waals surface area contributed by atoms with Gasteiger partial charge in [0.2, 0.25) is 0 Å². The number of hydrogen-bond acceptors (Lipinski definition) is 5. The standard InChI is InChI=1S/C20H28N4O3/c1-16(2)24-19(25)15-18(21-20(24)26)23-12-10-22(11-13-23)9-6-14-27-17-7-4-3-5-8-17/h3-5,7-8,15-16H,6,9-14H2,1-2H3,(H,21,26). The molecule has 3 rings (SSSR count). The van der Waals surface area contributed by atoms with Crippen LogP contribution in [0.2, 0.25) is 0 Å². The highest BCUT2D eigenvalue weighted by Crippen LogP contribution is 2.12. The second kappa shape index (κ2) is 8.90. The summed E-state index contributed by atoms with van der Waals surface area (Å²) in [5, 5.41) is 0. The first kappa shape index (κ1) is 19.2. The molecule has 0 bridgehead atoms. The summed E-state index contributed by atoms with van der Waals surface area (Å²) in [4.78, 5) is 31.7. The molecule has 1 aliphatic heterocycles. The molecule has 0 unspecified atom stereocenters. The van der Waals surface area contributed by atoms with Gasteiger partial charge in [0.1, 0.15) is 11.6 Å². The zero-order valence-corrected chi connectivity index (χ0v) is 16.1. The van der Waals surface area contributed by atoms with Crippen molar-refractivity contribution in [3.63, 3.8) is 0 Å². The predicted octanol–water partition coefficient (Wildman–Crippen LogP) is 1.71. The van der Waals surface area contributed by atoms with Crippen LogP contribution in [0.25, 0.3) is 0 Å². The van der Waals surface area contributed by atoms with Gasteiger partial charge in [-0.1, -0.05) is 18.2 Å². The second-order valence-electron chi connectivity index (χ2n) is 7.11. The summed E-state index contributed by atoms with van der Waals surface area (Å²) in [5.74, 6) is 1.52. The molecule has 1 aliphatic rings. The van der Waals surface area contributed by atoms with Crippen molar-refractivity contribution in [1.82, 2.24) is 14.5 Å².